The van der Waals surface area contributed by atoms with Crippen LogP contribution in [0.2, 0.25) is 0 Å². The Bertz CT molecular complexity index is 487. The van der Waals surface area contributed by atoms with Crippen LogP contribution < -0.4 is 0 Å². The number of ether oxygens (including phenoxy) is 1. The maximum absolute atomic E-state index is 11.4. The lowest BCUT2D eigenvalue weighted by molar-refractivity contribution is -0.385. The molecule has 0 fully saturated rings. The molecule has 0 N–H and O–H groups in total. The number of fused-ring (bicyclic) bond motifs is 1. The monoisotopic (exact) mass is 250 g/mol. The fourth-order valence-corrected chi connectivity index (χ4v) is 2.26. The molecule has 1 aromatic rings. The Morgan fingerprint density at radius 1 is 1.67 bits per heavy atom. The minimum Gasteiger partial charge on any atom is -0.466 e. The predicted octanol–water partition coefficient (Wildman–Crippen LogP) is 1.97. The van der Waals surface area contributed by atoms with Crippen molar-refractivity contribution in [2.45, 2.75) is 32.1 Å². The van der Waals surface area contributed by atoms with Gasteiger partial charge < -0.3 is 4.74 Å². The van der Waals surface area contributed by atoms with E-state index in [0.717, 1.165) is 24.1 Å². The van der Waals surface area contributed by atoms with Crippen LogP contribution in [0.4, 0.5) is 5.69 Å². The van der Waals surface area contributed by atoms with Crippen molar-refractivity contribution in [3.63, 3.8) is 0 Å². The zero-order valence-corrected chi connectivity index (χ0v) is 10.1. The van der Waals surface area contributed by atoms with Crippen LogP contribution in [0.25, 0.3) is 0 Å². The molecule has 0 bridgehead atoms. The molecule has 96 valence electrons. The van der Waals surface area contributed by atoms with Crippen molar-refractivity contribution in [3.8, 4) is 0 Å². The molecule has 1 atom stereocenters. The number of aromatic nitrogens is 1. The van der Waals surface area contributed by atoms with E-state index in [1.54, 1.807) is 13.0 Å². The highest BCUT2D eigenvalue weighted by Crippen LogP contribution is 2.35. The third-order valence-corrected chi connectivity index (χ3v) is 3.07. The molecule has 18 heavy (non-hydrogen) atoms. The van der Waals surface area contributed by atoms with Gasteiger partial charge in [-0.2, -0.15) is 0 Å². The molecule has 1 heterocycles. The van der Waals surface area contributed by atoms with Crippen LogP contribution in [0.15, 0.2) is 12.3 Å². The summed E-state index contributed by atoms with van der Waals surface area (Å²) in [4.78, 5) is 25.7. The van der Waals surface area contributed by atoms with Crippen molar-refractivity contribution in [1.82, 2.24) is 4.98 Å². The van der Waals surface area contributed by atoms with Gasteiger partial charge >= 0.3 is 5.97 Å². The third kappa shape index (κ3) is 2.47. The van der Waals surface area contributed by atoms with Gasteiger partial charge in [0.25, 0.3) is 5.69 Å². The Labute approximate surface area is 104 Å². The molecular weight excluding hydrogens is 236 g/mol. The molecule has 0 saturated carbocycles. The average molecular weight is 250 g/mol. The Hall–Kier alpha value is -1.98. The van der Waals surface area contributed by atoms with Gasteiger partial charge in [-0.25, -0.2) is 0 Å². The Morgan fingerprint density at radius 3 is 3.11 bits per heavy atom. The number of pyridine rings is 1. The number of aryl methyl sites for hydroxylation is 1. The van der Waals surface area contributed by atoms with E-state index in [9.17, 15) is 14.9 Å². The highest BCUT2D eigenvalue weighted by Gasteiger charge is 2.28. The Morgan fingerprint density at radius 2 is 2.44 bits per heavy atom. The van der Waals surface area contributed by atoms with Gasteiger partial charge in [0, 0.05) is 17.7 Å². The molecule has 1 aliphatic carbocycles. The molecule has 0 aliphatic heterocycles. The van der Waals surface area contributed by atoms with Crippen molar-refractivity contribution < 1.29 is 14.5 Å². The summed E-state index contributed by atoms with van der Waals surface area (Å²) in [7, 11) is 0. The fraction of sp³-hybridized carbons (Fsp3) is 0.500. The van der Waals surface area contributed by atoms with Crippen LogP contribution in [-0.2, 0) is 16.0 Å². The largest absolute Gasteiger partial charge is 0.466 e. The molecule has 6 nitrogen and oxygen atoms in total. The molecule has 0 aromatic carbocycles. The van der Waals surface area contributed by atoms with Crippen LogP contribution in [0.5, 0.6) is 0 Å². The first-order valence-corrected chi connectivity index (χ1v) is 5.90. The summed E-state index contributed by atoms with van der Waals surface area (Å²) in [6, 6.07) is 1.55. The van der Waals surface area contributed by atoms with Gasteiger partial charge in [0.05, 0.1) is 18.0 Å². The number of nitro groups is 1. The maximum Gasteiger partial charge on any atom is 0.306 e. The van der Waals surface area contributed by atoms with Gasteiger partial charge in [-0.15, -0.1) is 0 Å². The summed E-state index contributed by atoms with van der Waals surface area (Å²) in [6.07, 6.45) is 3.07. The standard InChI is InChI=1S/C12H14N2O4/c1-2-18-11(15)6-9-4-3-8-5-10(14(16)17)7-13-12(8)9/h5,7,9H,2-4,6H2,1H3. The van der Waals surface area contributed by atoms with Crippen LogP contribution in [0, 0.1) is 10.1 Å². The van der Waals surface area contributed by atoms with Crippen LogP contribution >= 0.6 is 0 Å². The second-order valence-electron chi connectivity index (χ2n) is 4.24. The summed E-state index contributed by atoms with van der Waals surface area (Å²) in [5, 5.41) is 10.6. The lowest BCUT2D eigenvalue weighted by atomic mass is 10.0. The molecule has 2 rings (SSSR count). The Balaban J connectivity index is 2.14. The highest BCUT2D eigenvalue weighted by atomic mass is 16.6. The SMILES string of the molecule is CCOC(=O)CC1CCc2cc([N+](=O)[O-])cnc21. The highest BCUT2D eigenvalue weighted by molar-refractivity contribution is 5.70. The zero-order chi connectivity index (χ0) is 13.1. The molecule has 1 aromatic heterocycles. The average Bonchev–Trinajstić information content (AvgIpc) is 2.72. The summed E-state index contributed by atoms with van der Waals surface area (Å²) < 4.78 is 4.91. The van der Waals surface area contributed by atoms with Crippen molar-refractivity contribution in [2.75, 3.05) is 6.61 Å². The topological polar surface area (TPSA) is 82.3 Å². The summed E-state index contributed by atoms with van der Waals surface area (Å²) in [5.41, 5.74) is 1.68. The third-order valence-electron chi connectivity index (χ3n) is 3.07. The van der Waals surface area contributed by atoms with Crippen LogP contribution in [0.1, 0.15) is 36.9 Å². The fourth-order valence-electron chi connectivity index (χ4n) is 2.26. The van der Waals surface area contributed by atoms with Gasteiger partial charge in [-0.05, 0) is 25.3 Å². The van der Waals surface area contributed by atoms with E-state index < -0.39 is 4.92 Å². The van der Waals surface area contributed by atoms with Crippen molar-refractivity contribution in [3.05, 3.63) is 33.6 Å². The van der Waals surface area contributed by atoms with Crippen molar-refractivity contribution in [1.29, 1.82) is 0 Å². The van der Waals surface area contributed by atoms with E-state index in [2.05, 4.69) is 4.98 Å². The van der Waals surface area contributed by atoms with Gasteiger partial charge in [-0.1, -0.05) is 0 Å². The molecular formula is C12H14N2O4. The number of hydrogen-bond donors (Lipinski definition) is 0. The van der Waals surface area contributed by atoms with E-state index in [-0.39, 0.29) is 17.6 Å². The van der Waals surface area contributed by atoms with E-state index in [0.29, 0.717) is 13.0 Å². The number of esters is 1. The number of carbonyl (C=O) groups excluding carboxylic acids is 1. The second kappa shape index (κ2) is 5.12. The number of nitrogens with zero attached hydrogens (tertiary/aromatic N) is 2. The normalized spacial score (nSPS) is 17.3. The summed E-state index contributed by atoms with van der Waals surface area (Å²) >= 11 is 0. The number of hydrogen-bond acceptors (Lipinski definition) is 5. The summed E-state index contributed by atoms with van der Waals surface area (Å²) in [6.45, 7) is 2.13. The quantitative estimate of drug-likeness (QED) is 0.463. The molecule has 6 heteroatoms. The molecule has 1 unspecified atom stereocenters. The Kier molecular flexibility index (Phi) is 3.55. The molecule has 1 aliphatic rings. The lowest BCUT2D eigenvalue weighted by Gasteiger charge is -2.09. The van der Waals surface area contributed by atoms with Gasteiger partial charge in [0.15, 0.2) is 0 Å². The first-order chi connectivity index (χ1) is 8.61. The second-order valence-corrected chi connectivity index (χ2v) is 4.24. The van der Waals surface area contributed by atoms with Gasteiger partial charge in [-0.3, -0.25) is 19.9 Å². The van der Waals surface area contributed by atoms with E-state index in [1.165, 1.54) is 6.20 Å². The smallest absolute Gasteiger partial charge is 0.306 e. The van der Waals surface area contributed by atoms with Gasteiger partial charge in [0.2, 0.25) is 0 Å². The first kappa shape index (κ1) is 12.5. The van der Waals surface area contributed by atoms with Crippen molar-refractivity contribution >= 4 is 11.7 Å². The van der Waals surface area contributed by atoms with Crippen LogP contribution in [0.3, 0.4) is 0 Å². The molecule has 0 spiro atoms. The summed E-state index contributed by atoms with van der Waals surface area (Å²) in [5.74, 6) is -0.213. The first-order valence-electron chi connectivity index (χ1n) is 5.90. The molecule has 0 saturated heterocycles. The number of rotatable bonds is 4. The lowest BCUT2D eigenvalue weighted by Crippen LogP contribution is -2.09. The minimum atomic E-state index is -0.452. The molecule has 0 amide bonds. The maximum atomic E-state index is 11.4. The minimum absolute atomic E-state index is 0.00512. The van der Waals surface area contributed by atoms with E-state index in [1.807, 2.05) is 0 Å². The van der Waals surface area contributed by atoms with E-state index >= 15 is 0 Å². The molecule has 0 radical (unpaired) electrons. The number of carbonyl (C=O) groups is 1. The predicted molar refractivity (Wildman–Crippen MR) is 63.2 cm³/mol. The zero-order valence-electron chi connectivity index (χ0n) is 10.1. The van der Waals surface area contributed by atoms with Gasteiger partial charge in [0.1, 0.15) is 6.20 Å². The van der Waals surface area contributed by atoms with Crippen LogP contribution in [-0.4, -0.2) is 22.5 Å². The van der Waals surface area contributed by atoms with Crippen molar-refractivity contribution in [2.24, 2.45) is 0 Å². The van der Waals surface area contributed by atoms with E-state index in [4.69, 9.17) is 4.74 Å².